The first kappa shape index (κ1) is 23.6. The topological polar surface area (TPSA) is 120 Å². The zero-order chi connectivity index (χ0) is 24.5. The van der Waals surface area contributed by atoms with Crippen LogP contribution in [0.3, 0.4) is 0 Å². The van der Waals surface area contributed by atoms with Gasteiger partial charge in [-0.1, -0.05) is 49.7 Å². The summed E-state index contributed by atoms with van der Waals surface area (Å²) in [5.74, 6) is 0.0724. The average molecular weight is 484 g/mol. The highest BCUT2D eigenvalue weighted by atomic mass is 35.5. The number of aromatic nitrogens is 3. The average Bonchev–Trinajstić information content (AvgIpc) is 3.18. The molecule has 3 aromatic rings. The van der Waals surface area contributed by atoms with Crippen molar-refractivity contribution in [3.05, 3.63) is 74.9 Å². The fraction of sp³-hybridized carbons (Fsp3) is 0.333. The van der Waals surface area contributed by atoms with E-state index >= 15 is 0 Å². The molecule has 4 rings (SSSR count). The molecular formula is C24H26ClN5O4. The Morgan fingerprint density at radius 3 is 2.68 bits per heavy atom. The van der Waals surface area contributed by atoms with Crippen molar-refractivity contribution in [3.8, 4) is 5.75 Å². The van der Waals surface area contributed by atoms with Crippen LogP contribution < -0.4 is 15.6 Å². The van der Waals surface area contributed by atoms with Crippen LogP contribution in [-0.4, -0.2) is 52.1 Å². The second kappa shape index (κ2) is 9.34. The van der Waals surface area contributed by atoms with Gasteiger partial charge in [0.25, 0.3) is 5.56 Å². The van der Waals surface area contributed by atoms with Crippen molar-refractivity contribution in [1.29, 1.82) is 0 Å². The predicted molar refractivity (Wildman–Crippen MR) is 128 cm³/mol. The number of carbonyl (C=O) groups is 2. The normalized spacial score (nSPS) is 14.6. The van der Waals surface area contributed by atoms with Gasteiger partial charge in [0, 0.05) is 30.9 Å². The number of ether oxygens (including phenoxy) is 1. The van der Waals surface area contributed by atoms with Gasteiger partial charge in [-0.15, -0.1) is 0 Å². The minimum absolute atomic E-state index is 0.0444. The number of carbonyl (C=O) groups excluding carboxylic acids is 2. The molecule has 34 heavy (non-hydrogen) atoms. The van der Waals surface area contributed by atoms with Crippen molar-refractivity contribution in [2.45, 2.75) is 31.6 Å². The number of nitrogens with one attached hydrogen (secondary N) is 3. The van der Waals surface area contributed by atoms with Gasteiger partial charge in [0.2, 0.25) is 11.8 Å². The maximum absolute atomic E-state index is 13.8. The lowest BCUT2D eigenvalue weighted by Crippen LogP contribution is -2.67. The number of anilines is 1. The summed E-state index contributed by atoms with van der Waals surface area (Å²) >= 11 is 5.96. The van der Waals surface area contributed by atoms with Gasteiger partial charge in [0.05, 0.1) is 19.7 Å². The summed E-state index contributed by atoms with van der Waals surface area (Å²) < 4.78 is 5.35. The number of H-pyrrole nitrogens is 2. The third-order valence-electron chi connectivity index (χ3n) is 6.17. The number of hydrogen-bond acceptors (Lipinski definition) is 5. The molecule has 0 atom stereocenters. The number of aromatic amines is 2. The van der Waals surface area contributed by atoms with Gasteiger partial charge in [-0.3, -0.25) is 19.5 Å². The molecule has 1 fully saturated rings. The molecule has 3 N–H and O–H groups in total. The molecule has 0 aliphatic carbocycles. The summed E-state index contributed by atoms with van der Waals surface area (Å²) in [6, 6.07) is 9.30. The molecule has 1 saturated heterocycles. The third kappa shape index (κ3) is 4.31. The van der Waals surface area contributed by atoms with Crippen LogP contribution in [0.4, 0.5) is 5.69 Å². The molecule has 0 radical (unpaired) electrons. The van der Waals surface area contributed by atoms with E-state index in [-0.39, 0.29) is 48.0 Å². The van der Waals surface area contributed by atoms with Gasteiger partial charge in [-0.2, -0.15) is 0 Å². The second-order valence-corrected chi connectivity index (χ2v) is 9.07. The molecule has 9 nitrogen and oxygen atoms in total. The van der Waals surface area contributed by atoms with Gasteiger partial charge in [0.1, 0.15) is 22.0 Å². The molecule has 2 amide bonds. The minimum Gasteiger partial charge on any atom is -0.494 e. The van der Waals surface area contributed by atoms with Crippen LogP contribution in [-0.2, 0) is 21.4 Å². The summed E-state index contributed by atoms with van der Waals surface area (Å²) in [6.45, 7) is 4.51. The van der Waals surface area contributed by atoms with E-state index in [1.807, 2.05) is 24.3 Å². The van der Waals surface area contributed by atoms with Crippen molar-refractivity contribution in [3.63, 3.8) is 0 Å². The Balaban J connectivity index is 1.65. The van der Waals surface area contributed by atoms with E-state index < -0.39 is 5.41 Å². The van der Waals surface area contributed by atoms with E-state index in [0.717, 1.165) is 11.1 Å². The first-order valence-electron chi connectivity index (χ1n) is 10.9. The maximum atomic E-state index is 13.8. The number of pyridine rings is 1. The molecular weight excluding hydrogens is 458 g/mol. The lowest BCUT2D eigenvalue weighted by atomic mass is 9.69. The highest BCUT2D eigenvalue weighted by molar-refractivity contribution is 6.29. The number of amides is 2. The number of methoxy groups -OCH3 is 1. The summed E-state index contributed by atoms with van der Waals surface area (Å²) in [5, 5.41) is 8.20. The van der Waals surface area contributed by atoms with E-state index in [4.69, 9.17) is 16.3 Å². The second-order valence-electron chi connectivity index (χ2n) is 8.68. The Morgan fingerprint density at radius 1 is 1.29 bits per heavy atom. The van der Waals surface area contributed by atoms with Crippen LogP contribution in [0.2, 0.25) is 5.15 Å². The summed E-state index contributed by atoms with van der Waals surface area (Å²) in [4.78, 5) is 44.1. The molecule has 3 heterocycles. The Labute approximate surface area is 201 Å². The monoisotopic (exact) mass is 483 g/mol. The molecule has 10 heteroatoms. The van der Waals surface area contributed by atoms with E-state index in [1.54, 1.807) is 4.90 Å². The van der Waals surface area contributed by atoms with E-state index in [9.17, 15) is 14.4 Å². The van der Waals surface area contributed by atoms with Gasteiger partial charge >= 0.3 is 0 Å². The molecule has 1 aliphatic rings. The molecule has 0 saturated carbocycles. The summed E-state index contributed by atoms with van der Waals surface area (Å²) in [6.07, 6.45) is 2.88. The van der Waals surface area contributed by atoms with Crippen LogP contribution in [0.5, 0.6) is 5.75 Å². The van der Waals surface area contributed by atoms with Gasteiger partial charge in [0.15, 0.2) is 0 Å². The smallest absolute Gasteiger partial charge is 0.267 e. The molecule has 1 aromatic carbocycles. The van der Waals surface area contributed by atoms with Crippen molar-refractivity contribution in [2.75, 3.05) is 25.5 Å². The van der Waals surface area contributed by atoms with Crippen molar-refractivity contribution < 1.29 is 14.3 Å². The lowest BCUT2D eigenvalue weighted by Gasteiger charge is -2.50. The molecule has 0 bridgehead atoms. The Morgan fingerprint density at radius 2 is 2.03 bits per heavy atom. The van der Waals surface area contributed by atoms with Crippen LogP contribution in [0, 0.1) is 0 Å². The summed E-state index contributed by atoms with van der Waals surface area (Å²) in [7, 11) is 1.48. The molecule has 2 aromatic heterocycles. The molecule has 178 valence electrons. The van der Waals surface area contributed by atoms with Gasteiger partial charge in [-0.05, 0) is 17.0 Å². The number of benzene rings is 1. The highest BCUT2D eigenvalue weighted by Crippen LogP contribution is 2.40. The standard InChI is InChI=1S/C24H26ClN5O4/c1-14(2)16-6-4-5-7-17(16)24(23(33)28-18-11-26-20(25)9-19(18)34-3)12-30(13-24)21(31)8-15-10-27-29-22(15)32/h4-7,9-11,14H,8,12-13H2,1-3H3,(H,28,33)(H2,27,29,32). The molecule has 0 unspecified atom stereocenters. The van der Waals surface area contributed by atoms with Gasteiger partial charge in [-0.25, -0.2) is 4.98 Å². The number of nitrogens with zero attached hydrogens (tertiary/aromatic N) is 2. The number of hydrogen-bond donors (Lipinski definition) is 3. The predicted octanol–water partition coefficient (Wildman–Crippen LogP) is 2.84. The highest BCUT2D eigenvalue weighted by Gasteiger charge is 2.53. The minimum atomic E-state index is -0.967. The molecule has 0 spiro atoms. The Hall–Kier alpha value is -3.59. The first-order chi connectivity index (χ1) is 16.2. The van der Waals surface area contributed by atoms with Crippen LogP contribution in [0.25, 0.3) is 0 Å². The van der Waals surface area contributed by atoms with E-state index in [1.165, 1.54) is 25.6 Å². The number of halogens is 1. The zero-order valence-electron chi connectivity index (χ0n) is 19.1. The number of rotatable bonds is 7. The fourth-order valence-electron chi connectivity index (χ4n) is 4.31. The van der Waals surface area contributed by atoms with E-state index in [0.29, 0.717) is 17.0 Å². The SMILES string of the molecule is COc1cc(Cl)ncc1NC(=O)C1(c2ccccc2C(C)C)CN(C(=O)Cc2c[nH][nH]c2=O)C1. The largest absolute Gasteiger partial charge is 0.494 e. The van der Waals surface area contributed by atoms with Crippen molar-refractivity contribution >= 4 is 29.1 Å². The zero-order valence-corrected chi connectivity index (χ0v) is 19.9. The molecule has 1 aliphatic heterocycles. The van der Waals surface area contributed by atoms with Crippen LogP contribution in [0.1, 0.15) is 36.5 Å². The maximum Gasteiger partial charge on any atom is 0.267 e. The fourth-order valence-corrected chi connectivity index (χ4v) is 4.46. The number of likely N-dealkylation sites (tertiary alicyclic amines) is 1. The van der Waals surface area contributed by atoms with Gasteiger partial charge < -0.3 is 20.1 Å². The quantitative estimate of drug-likeness (QED) is 0.446. The van der Waals surface area contributed by atoms with Crippen molar-refractivity contribution in [1.82, 2.24) is 20.1 Å². The van der Waals surface area contributed by atoms with Crippen LogP contribution >= 0.6 is 11.6 Å². The van der Waals surface area contributed by atoms with E-state index in [2.05, 4.69) is 34.3 Å². The van der Waals surface area contributed by atoms with Crippen molar-refractivity contribution in [2.24, 2.45) is 0 Å². The third-order valence-corrected chi connectivity index (χ3v) is 6.38. The Bertz CT molecular complexity index is 1280. The first-order valence-corrected chi connectivity index (χ1v) is 11.3. The summed E-state index contributed by atoms with van der Waals surface area (Å²) in [5.41, 5.74) is 1.35. The Kier molecular flexibility index (Phi) is 6.47. The lowest BCUT2D eigenvalue weighted by molar-refractivity contribution is -0.143. The van der Waals surface area contributed by atoms with Crippen LogP contribution in [0.15, 0.2) is 47.5 Å².